The zero-order valence-electron chi connectivity index (χ0n) is 12.3. The Kier molecular flexibility index (Phi) is 8.25. The maximum Gasteiger partial charge on any atom is 0.138 e. The Morgan fingerprint density at radius 2 is 1.39 bits per heavy atom. The van der Waals surface area contributed by atoms with Crippen molar-refractivity contribution in [2.24, 2.45) is 0 Å². The zero-order valence-corrected chi connectivity index (χ0v) is 16.0. The molecule has 122 valence electrons. The van der Waals surface area contributed by atoms with Gasteiger partial charge in [-0.15, -0.1) is 0 Å². The smallest absolute Gasteiger partial charge is 0.138 e. The third kappa shape index (κ3) is 4.78. The van der Waals surface area contributed by atoms with Crippen molar-refractivity contribution in [2.45, 2.75) is 14.4 Å². The van der Waals surface area contributed by atoms with E-state index in [0.29, 0.717) is 0 Å². The van der Waals surface area contributed by atoms with Gasteiger partial charge in [-0.05, 0) is 57.6 Å². The standard InChI is InChI=1S/C8H8N2.C7H5BrN2.CH3I.CH4/c1-6-2-4-9-8-7(6)3-5-10-8;8-6-2-4-10-7-5(6)1-3-9-7;1-2;/h2-5H,1H3,(H,9,10);1-4H,(H,9,10);1H3;1H4. The summed E-state index contributed by atoms with van der Waals surface area (Å²) < 4.78 is 1.08. The number of rotatable bonds is 0. The third-order valence-corrected chi connectivity index (χ3v) is 3.78. The first-order chi connectivity index (χ1) is 10.8. The van der Waals surface area contributed by atoms with Crippen LogP contribution in [0.5, 0.6) is 0 Å². The van der Waals surface area contributed by atoms with Crippen LogP contribution in [0.2, 0.25) is 0 Å². The van der Waals surface area contributed by atoms with Crippen LogP contribution in [0.4, 0.5) is 0 Å². The molecule has 0 saturated heterocycles. The van der Waals surface area contributed by atoms with Crippen LogP contribution in [0.25, 0.3) is 22.1 Å². The molecule has 4 heterocycles. The van der Waals surface area contributed by atoms with E-state index in [9.17, 15) is 0 Å². The molecule has 0 amide bonds. The molecule has 0 aromatic carbocycles. The van der Waals surface area contributed by atoms with Gasteiger partial charge in [-0.1, -0.05) is 30.0 Å². The van der Waals surface area contributed by atoms with Crippen molar-refractivity contribution in [3.8, 4) is 0 Å². The molecule has 0 fully saturated rings. The number of aromatic amines is 2. The summed E-state index contributed by atoms with van der Waals surface area (Å²) in [4.78, 5) is 16.3. The van der Waals surface area contributed by atoms with Gasteiger partial charge in [-0.3, -0.25) is 0 Å². The minimum absolute atomic E-state index is 0. The predicted molar refractivity (Wildman–Crippen MR) is 111 cm³/mol. The van der Waals surface area contributed by atoms with Gasteiger partial charge >= 0.3 is 0 Å². The van der Waals surface area contributed by atoms with E-state index in [1.807, 2.05) is 47.8 Å². The van der Waals surface area contributed by atoms with E-state index in [4.69, 9.17) is 0 Å². The SMILES string of the molecule is Brc1ccnc2[nH]ccc12.C.CI.Cc1ccnc2[nH]ccc12. The first kappa shape index (κ1) is 19.6. The number of aromatic nitrogens is 4. The average Bonchev–Trinajstić information content (AvgIpc) is 3.20. The molecule has 0 unspecified atom stereocenters. The number of halogens is 2. The molecule has 0 aliphatic heterocycles. The van der Waals surface area contributed by atoms with E-state index >= 15 is 0 Å². The van der Waals surface area contributed by atoms with Gasteiger partial charge in [0.2, 0.25) is 0 Å². The monoisotopic (exact) mass is 486 g/mol. The van der Waals surface area contributed by atoms with Crippen molar-refractivity contribution >= 4 is 60.6 Å². The van der Waals surface area contributed by atoms with Gasteiger partial charge in [-0.25, -0.2) is 9.97 Å². The van der Waals surface area contributed by atoms with Gasteiger partial charge in [0.25, 0.3) is 0 Å². The molecular formula is C17H20BrIN4. The van der Waals surface area contributed by atoms with E-state index in [1.165, 1.54) is 10.9 Å². The first-order valence-electron chi connectivity index (χ1n) is 6.60. The van der Waals surface area contributed by atoms with Gasteiger partial charge in [0, 0.05) is 40.0 Å². The quantitative estimate of drug-likeness (QED) is 0.240. The third-order valence-electron chi connectivity index (χ3n) is 3.09. The molecule has 0 bridgehead atoms. The van der Waals surface area contributed by atoms with Crippen LogP contribution in [-0.2, 0) is 0 Å². The van der Waals surface area contributed by atoms with Gasteiger partial charge in [0.05, 0.1) is 0 Å². The van der Waals surface area contributed by atoms with Crippen molar-refractivity contribution in [1.29, 1.82) is 0 Å². The van der Waals surface area contributed by atoms with Crippen molar-refractivity contribution in [2.75, 3.05) is 4.93 Å². The van der Waals surface area contributed by atoms with E-state index in [-0.39, 0.29) is 7.43 Å². The van der Waals surface area contributed by atoms with Crippen LogP contribution in [-0.4, -0.2) is 24.9 Å². The number of hydrogen-bond donors (Lipinski definition) is 2. The number of aryl methyl sites for hydroxylation is 1. The number of hydrogen-bond acceptors (Lipinski definition) is 2. The van der Waals surface area contributed by atoms with Crippen molar-refractivity contribution in [3.63, 3.8) is 0 Å². The van der Waals surface area contributed by atoms with Crippen LogP contribution in [0, 0.1) is 6.92 Å². The lowest BCUT2D eigenvalue weighted by Gasteiger charge is -1.91. The Bertz CT molecular complexity index is 782. The lowest BCUT2D eigenvalue weighted by molar-refractivity contribution is 1.31. The number of fused-ring (bicyclic) bond motifs is 2. The fourth-order valence-electron chi connectivity index (χ4n) is 2.03. The highest BCUT2D eigenvalue weighted by molar-refractivity contribution is 14.1. The number of nitrogens with zero attached hydrogens (tertiary/aromatic N) is 2. The minimum atomic E-state index is 0. The summed E-state index contributed by atoms with van der Waals surface area (Å²) in [6, 6.07) is 7.97. The van der Waals surface area contributed by atoms with E-state index < -0.39 is 0 Å². The maximum absolute atomic E-state index is 4.15. The second-order valence-corrected chi connectivity index (χ2v) is 5.25. The molecular weight excluding hydrogens is 467 g/mol. The fraction of sp³-hybridized carbons (Fsp3) is 0.176. The van der Waals surface area contributed by atoms with Crippen LogP contribution in [0.15, 0.2) is 53.5 Å². The fourth-order valence-corrected chi connectivity index (χ4v) is 2.46. The number of alkyl halides is 1. The highest BCUT2D eigenvalue weighted by Gasteiger charge is 1.97. The predicted octanol–water partition coefficient (Wildman–Crippen LogP) is 5.88. The summed E-state index contributed by atoms with van der Waals surface area (Å²) in [7, 11) is 0. The Hall–Kier alpha value is -1.41. The summed E-state index contributed by atoms with van der Waals surface area (Å²) in [6.45, 7) is 2.08. The average molecular weight is 487 g/mol. The van der Waals surface area contributed by atoms with Gasteiger partial charge < -0.3 is 9.97 Å². The normalized spacial score (nSPS) is 9.39. The van der Waals surface area contributed by atoms with E-state index in [0.717, 1.165) is 21.2 Å². The largest absolute Gasteiger partial charge is 0.346 e. The number of nitrogens with one attached hydrogen (secondary N) is 2. The second kappa shape index (κ2) is 9.67. The molecule has 0 aliphatic carbocycles. The molecule has 0 saturated carbocycles. The molecule has 2 N–H and O–H groups in total. The summed E-state index contributed by atoms with van der Waals surface area (Å²) in [5.41, 5.74) is 3.17. The minimum Gasteiger partial charge on any atom is -0.346 e. The van der Waals surface area contributed by atoms with Crippen molar-refractivity contribution in [1.82, 2.24) is 19.9 Å². The Labute approximate surface area is 158 Å². The topological polar surface area (TPSA) is 57.4 Å². The first-order valence-corrected chi connectivity index (χ1v) is 9.55. The molecule has 23 heavy (non-hydrogen) atoms. The summed E-state index contributed by atoms with van der Waals surface area (Å²) >= 11 is 5.57. The van der Waals surface area contributed by atoms with E-state index in [2.05, 4.69) is 65.4 Å². The Morgan fingerprint density at radius 3 is 1.96 bits per heavy atom. The Balaban J connectivity index is 0.000000200. The van der Waals surface area contributed by atoms with Crippen LogP contribution >= 0.6 is 38.5 Å². The highest BCUT2D eigenvalue weighted by atomic mass is 127. The molecule has 0 spiro atoms. The summed E-state index contributed by atoms with van der Waals surface area (Å²) in [6.07, 6.45) is 7.37. The number of pyridine rings is 2. The zero-order chi connectivity index (χ0) is 15.9. The van der Waals surface area contributed by atoms with Gasteiger partial charge in [0.15, 0.2) is 0 Å². The molecule has 4 rings (SSSR count). The Morgan fingerprint density at radius 1 is 0.870 bits per heavy atom. The van der Waals surface area contributed by atoms with E-state index in [1.54, 1.807) is 6.20 Å². The van der Waals surface area contributed by atoms with Crippen LogP contribution in [0.1, 0.15) is 13.0 Å². The molecule has 4 aromatic heterocycles. The molecule has 0 aliphatic rings. The second-order valence-electron chi connectivity index (χ2n) is 4.40. The van der Waals surface area contributed by atoms with Crippen LogP contribution in [0.3, 0.4) is 0 Å². The molecule has 4 nitrogen and oxygen atoms in total. The van der Waals surface area contributed by atoms with Crippen molar-refractivity contribution in [3.05, 3.63) is 59.1 Å². The number of H-pyrrole nitrogens is 2. The molecule has 0 atom stereocenters. The summed E-state index contributed by atoms with van der Waals surface area (Å²) in [5, 5.41) is 2.34. The lowest BCUT2D eigenvalue weighted by atomic mass is 10.2. The molecule has 6 heteroatoms. The van der Waals surface area contributed by atoms with Gasteiger partial charge in [-0.2, -0.15) is 0 Å². The van der Waals surface area contributed by atoms with Crippen molar-refractivity contribution < 1.29 is 0 Å². The summed E-state index contributed by atoms with van der Waals surface area (Å²) in [5.74, 6) is 0. The van der Waals surface area contributed by atoms with Gasteiger partial charge in [0.1, 0.15) is 11.3 Å². The van der Waals surface area contributed by atoms with Crippen LogP contribution < -0.4 is 0 Å². The molecule has 4 aromatic rings. The molecule has 0 radical (unpaired) electrons. The highest BCUT2D eigenvalue weighted by Crippen LogP contribution is 2.19. The maximum atomic E-state index is 4.15. The lowest BCUT2D eigenvalue weighted by Crippen LogP contribution is -1.77.